The van der Waals surface area contributed by atoms with E-state index in [1.54, 1.807) is 0 Å². The van der Waals surface area contributed by atoms with E-state index >= 15 is 0 Å². The zero-order valence-electron chi connectivity index (χ0n) is 26.2. The van der Waals surface area contributed by atoms with Crippen LogP contribution in [0.4, 0.5) is 0 Å². The number of carbonyl (C=O) groups is 2. The fourth-order valence-corrected chi connectivity index (χ4v) is 4.75. The van der Waals surface area contributed by atoms with Crippen LogP contribution in [0.5, 0.6) is 0 Å². The molecule has 0 amide bonds. The Morgan fingerprint density at radius 1 is 0.750 bits per heavy atom. The van der Waals surface area contributed by atoms with Crippen molar-refractivity contribution in [2.45, 2.75) is 87.5 Å². The molecule has 3 fully saturated rings. The van der Waals surface area contributed by atoms with Gasteiger partial charge in [0.15, 0.2) is 11.6 Å². The first-order valence-corrected chi connectivity index (χ1v) is 15.3. The topological polar surface area (TPSA) is 72.5 Å². The minimum atomic E-state index is 0. The van der Waals surface area contributed by atoms with Crippen molar-refractivity contribution in [2.24, 2.45) is 5.92 Å². The van der Waals surface area contributed by atoms with Crippen LogP contribution >= 0.6 is 0 Å². The maximum absolute atomic E-state index is 12.3. The first-order chi connectivity index (χ1) is 19.4. The monoisotopic (exact) mass is 655 g/mol. The van der Waals surface area contributed by atoms with Gasteiger partial charge in [-0.25, -0.2) is 0 Å². The molecule has 0 radical (unpaired) electrons. The van der Waals surface area contributed by atoms with E-state index in [1.807, 2.05) is 69.3 Å². The molecule has 0 unspecified atom stereocenters. The van der Waals surface area contributed by atoms with E-state index in [-0.39, 0.29) is 57.2 Å². The van der Waals surface area contributed by atoms with Crippen LogP contribution in [0.25, 0.3) is 0 Å². The van der Waals surface area contributed by atoms with E-state index in [0.29, 0.717) is 13.2 Å². The highest BCUT2D eigenvalue weighted by Crippen LogP contribution is 2.15. The van der Waals surface area contributed by atoms with E-state index in [4.69, 9.17) is 9.47 Å². The molecule has 2 aromatic carbocycles. The third-order valence-corrected chi connectivity index (χ3v) is 7.31. The van der Waals surface area contributed by atoms with E-state index in [1.165, 1.54) is 62.7 Å². The van der Waals surface area contributed by atoms with Crippen molar-refractivity contribution in [3.63, 3.8) is 0 Å². The van der Waals surface area contributed by atoms with Crippen molar-refractivity contribution >= 4 is 11.6 Å². The van der Waals surface area contributed by atoms with Crippen molar-refractivity contribution in [2.75, 3.05) is 52.7 Å². The molecule has 2 N–H and O–H groups in total. The summed E-state index contributed by atoms with van der Waals surface area (Å²) in [6.07, 6.45) is 8.85. The Bertz CT molecular complexity index is 938. The van der Waals surface area contributed by atoms with Gasteiger partial charge < -0.3 is 44.5 Å². The van der Waals surface area contributed by atoms with E-state index in [2.05, 4.69) is 17.1 Å². The summed E-state index contributed by atoms with van der Waals surface area (Å²) in [5.74, 6) is 0.594. The largest absolute Gasteiger partial charge is 1.00 e. The summed E-state index contributed by atoms with van der Waals surface area (Å²) < 4.78 is 9.44. The number of likely N-dealkylation sites (tertiary alicyclic amines) is 1. The third kappa shape index (κ3) is 20.3. The number of halogens is 2. The summed E-state index contributed by atoms with van der Waals surface area (Å²) in [7, 11) is 0. The quantitative estimate of drug-likeness (QED) is 0.468. The van der Waals surface area contributed by atoms with Crippen LogP contribution in [0.15, 0.2) is 48.5 Å². The number of hydrogen-bond donors (Lipinski definition) is 1. The highest BCUT2D eigenvalue weighted by atomic mass is 35.5. The summed E-state index contributed by atoms with van der Waals surface area (Å²) in [5, 5.41) is 2.39. The number of aryl methyl sites for hydroxylation is 2. The number of nitrogens with two attached hydrogens (primary N) is 1. The number of ketones is 2. The van der Waals surface area contributed by atoms with Gasteiger partial charge in [-0.2, -0.15) is 0 Å². The van der Waals surface area contributed by atoms with Crippen molar-refractivity contribution < 1.29 is 49.2 Å². The molecule has 0 aromatic heterocycles. The average Bonchev–Trinajstić information content (AvgIpc) is 3.60. The third-order valence-electron chi connectivity index (χ3n) is 7.31. The minimum absolute atomic E-state index is 0. The highest BCUT2D eigenvalue weighted by molar-refractivity contribution is 5.97. The number of ether oxygens (including phenoxy) is 2. The van der Waals surface area contributed by atoms with Crippen LogP contribution in [0.1, 0.15) is 105 Å². The summed E-state index contributed by atoms with van der Waals surface area (Å²) in [6.45, 7) is 16.0. The van der Waals surface area contributed by atoms with Gasteiger partial charge in [0.25, 0.3) is 0 Å². The van der Waals surface area contributed by atoms with Gasteiger partial charge in [0.1, 0.15) is 6.79 Å². The van der Waals surface area contributed by atoms with Crippen LogP contribution in [-0.4, -0.2) is 69.2 Å². The second kappa shape index (κ2) is 28.7. The first-order valence-electron chi connectivity index (χ1n) is 15.3. The number of carbonyl (C=O) groups excluding carboxylic acids is 2. The summed E-state index contributed by atoms with van der Waals surface area (Å²) in [5.41, 5.74) is 4.07. The second-order valence-electron chi connectivity index (χ2n) is 11.0. The molecule has 0 bridgehead atoms. The lowest BCUT2D eigenvalue weighted by Gasteiger charge is -2.28. The summed E-state index contributed by atoms with van der Waals surface area (Å²) in [4.78, 5) is 25.9. The molecule has 5 rings (SSSR count). The lowest BCUT2D eigenvalue weighted by molar-refractivity contribution is -0.662. The van der Waals surface area contributed by atoms with Gasteiger partial charge in [0, 0.05) is 30.0 Å². The molecule has 8 heteroatoms. The normalized spacial score (nSPS) is 16.0. The van der Waals surface area contributed by atoms with E-state index in [0.717, 1.165) is 44.0 Å². The van der Waals surface area contributed by atoms with Gasteiger partial charge in [0.05, 0.1) is 26.3 Å². The molecule has 3 aliphatic heterocycles. The van der Waals surface area contributed by atoms with Crippen LogP contribution in [0, 0.1) is 19.8 Å². The Hall–Kier alpha value is -1.80. The Balaban J connectivity index is -0.000000554. The van der Waals surface area contributed by atoms with Gasteiger partial charge in [-0.05, 0) is 59.0 Å². The van der Waals surface area contributed by atoms with Gasteiger partial charge in [-0.15, -0.1) is 0 Å². The minimum Gasteiger partial charge on any atom is -1.00 e. The summed E-state index contributed by atoms with van der Waals surface area (Å²) in [6, 6.07) is 15.6. The number of Topliss-reactive ketones (excluding diaryl/α,β-unsaturated/α-hetero) is 2. The van der Waals surface area contributed by atoms with Gasteiger partial charge in [-0.3, -0.25) is 9.59 Å². The maximum atomic E-state index is 12.3. The number of quaternary nitrogens is 1. The van der Waals surface area contributed by atoms with Gasteiger partial charge in [0.2, 0.25) is 0 Å². The fourth-order valence-electron chi connectivity index (χ4n) is 4.75. The number of hydrogen-bond acceptors (Lipinski definition) is 5. The molecule has 0 spiro atoms. The molecule has 3 saturated heterocycles. The molecule has 254 valence electrons. The molecule has 44 heavy (non-hydrogen) atoms. The van der Waals surface area contributed by atoms with Crippen molar-refractivity contribution in [1.82, 2.24) is 4.90 Å². The zero-order chi connectivity index (χ0) is 29.0. The van der Waals surface area contributed by atoms with Crippen molar-refractivity contribution in [3.8, 4) is 0 Å². The predicted molar refractivity (Wildman–Crippen MR) is 177 cm³/mol. The van der Waals surface area contributed by atoms with Gasteiger partial charge >= 0.3 is 0 Å². The Kier molecular flexibility index (Phi) is 30.4. The number of benzene rings is 2. The molecule has 6 nitrogen and oxygen atoms in total. The maximum Gasteiger partial charge on any atom is 0.166 e. The first kappa shape index (κ1) is 46.6. The number of piperidine rings is 2. The molecule has 3 heterocycles. The van der Waals surface area contributed by atoms with Crippen LogP contribution in [0.2, 0.25) is 0 Å². The smallest absolute Gasteiger partial charge is 0.166 e. The van der Waals surface area contributed by atoms with Crippen LogP contribution in [-0.2, 0) is 9.47 Å². The molecular weight excluding hydrogens is 595 g/mol. The second-order valence-corrected chi connectivity index (χ2v) is 11.0. The molecule has 2 aromatic rings. The number of nitrogens with zero attached hydrogens (tertiary/aromatic N) is 1. The Morgan fingerprint density at radius 3 is 1.57 bits per heavy atom. The SMILES string of the molecule is C.C.C1CC[NH2+]CC1.C1COCO1.CCC(=O)c1ccc(C)cc1.Cc1ccc(C(=O)[C@@H](C)CN2CCCCC2)cc1.[Cl-].[Cl-]. The van der Waals surface area contributed by atoms with Gasteiger partial charge in [-0.1, -0.05) is 94.8 Å². The molecule has 1 atom stereocenters. The lowest BCUT2D eigenvalue weighted by Crippen LogP contribution is -3.00. The van der Waals surface area contributed by atoms with E-state index < -0.39 is 0 Å². The zero-order valence-corrected chi connectivity index (χ0v) is 27.7. The highest BCUT2D eigenvalue weighted by Gasteiger charge is 2.19. The number of rotatable bonds is 6. The molecule has 0 aliphatic carbocycles. The molecule has 3 aliphatic rings. The Morgan fingerprint density at radius 2 is 1.20 bits per heavy atom. The molecular formula is C36H61Cl2N2O4-. The summed E-state index contributed by atoms with van der Waals surface area (Å²) >= 11 is 0. The molecule has 0 saturated carbocycles. The van der Waals surface area contributed by atoms with E-state index in [9.17, 15) is 9.59 Å². The fraction of sp³-hybridized carbons (Fsp3) is 0.611. The van der Waals surface area contributed by atoms with Crippen molar-refractivity contribution in [1.29, 1.82) is 0 Å². The lowest BCUT2D eigenvalue weighted by atomic mass is 9.97. The Labute approximate surface area is 281 Å². The van der Waals surface area contributed by atoms with Crippen molar-refractivity contribution in [3.05, 3.63) is 70.8 Å². The predicted octanol–water partition coefficient (Wildman–Crippen LogP) is 0.892. The van der Waals surface area contributed by atoms with Crippen LogP contribution in [0.3, 0.4) is 0 Å². The average molecular weight is 657 g/mol. The van der Waals surface area contributed by atoms with Crippen LogP contribution < -0.4 is 30.1 Å². The standard InChI is InChI=1S/C16H23NO.C10H12O.C5H11N.C3H6O2.2CH4.2ClH/c1-13-6-8-15(9-7-13)16(18)14(2)12-17-10-4-3-5-11-17;1-3-10(11)9-6-4-8(2)5-7-9;1-2-4-6-5-3-1;1-2-5-3-4-1;;;;/h6-9,14H,3-5,10-12H2,1-2H3;4-7H,3H2,1-2H3;6H,1-5H2;1-3H2;2*1H4;2*1H/p-1/t14-;;;;;;;/m0......./s1.